The maximum absolute atomic E-state index is 12.8. The lowest BCUT2D eigenvalue weighted by molar-refractivity contribution is -0.145. The van der Waals surface area contributed by atoms with Crippen molar-refractivity contribution in [2.45, 2.75) is 39.0 Å². The van der Waals surface area contributed by atoms with Crippen LogP contribution in [-0.2, 0) is 16.0 Å². The molecule has 1 saturated carbocycles. The number of hydrogen-bond acceptors (Lipinski definition) is 3. The summed E-state index contributed by atoms with van der Waals surface area (Å²) in [6, 6.07) is 7.83. The summed E-state index contributed by atoms with van der Waals surface area (Å²) in [5, 5.41) is 2.97. The normalized spacial score (nSPS) is 19.4. The Balaban J connectivity index is 1.51. The Morgan fingerprint density at radius 3 is 2.64 bits per heavy atom. The molecule has 0 unspecified atom stereocenters. The Kier molecular flexibility index (Phi) is 5.30. The van der Waals surface area contributed by atoms with Gasteiger partial charge in [0.25, 0.3) is 0 Å². The molecule has 1 aromatic rings. The minimum absolute atomic E-state index is 0.0401. The summed E-state index contributed by atoms with van der Waals surface area (Å²) in [5.74, 6) is 1.44. The van der Waals surface area contributed by atoms with Crippen LogP contribution in [0.1, 0.15) is 38.2 Å². The third kappa shape index (κ3) is 3.97. The lowest BCUT2D eigenvalue weighted by atomic mass is 9.96. The topological polar surface area (TPSA) is 58.6 Å². The van der Waals surface area contributed by atoms with Crippen molar-refractivity contribution < 1.29 is 14.3 Å². The van der Waals surface area contributed by atoms with Gasteiger partial charge in [0.1, 0.15) is 11.2 Å². The van der Waals surface area contributed by atoms with Gasteiger partial charge >= 0.3 is 0 Å². The predicted octanol–water partition coefficient (Wildman–Crippen LogP) is 2.39. The number of carbonyl (C=O) groups excluding carboxylic acids is 2. The van der Waals surface area contributed by atoms with Crippen LogP contribution >= 0.6 is 0 Å². The van der Waals surface area contributed by atoms with Gasteiger partial charge < -0.3 is 15.0 Å². The van der Waals surface area contributed by atoms with E-state index in [1.165, 1.54) is 0 Å². The van der Waals surface area contributed by atoms with Crippen molar-refractivity contribution in [2.75, 3.05) is 26.7 Å². The number of rotatable bonds is 6. The second-order valence-electron chi connectivity index (χ2n) is 7.41. The van der Waals surface area contributed by atoms with Crippen molar-refractivity contribution >= 4 is 11.8 Å². The molecule has 1 saturated heterocycles. The molecule has 2 fully saturated rings. The van der Waals surface area contributed by atoms with E-state index in [-0.39, 0.29) is 11.8 Å². The number of amides is 2. The highest BCUT2D eigenvalue weighted by Crippen LogP contribution is 2.48. The van der Waals surface area contributed by atoms with Crippen molar-refractivity contribution in [3.63, 3.8) is 0 Å². The van der Waals surface area contributed by atoms with Crippen molar-refractivity contribution in [3.8, 4) is 5.75 Å². The van der Waals surface area contributed by atoms with Gasteiger partial charge in [-0.1, -0.05) is 19.1 Å². The second kappa shape index (κ2) is 7.46. The molecule has 0 spiro atoms. The van der Waals surface area contributed by atoms with Crippen LogP contribution in [0, 0.1) is 11.3 Å². The van der Waals surface area contributed by atoms with Crippen LogP contribution < -0.4 is 10.1 Å². The van der Waals surface area contributed by atoms with Gasteiger partial charge in [-0.2, -0.15) is 0 Å². The van der Waals surface area contributed by atoms with E-state index in [0.29, 0.717) is 25.3 Å². The number of methoxy groups -OCH3 is 1. The summed E-state index contributed by atoms with van der Waals surface area (Å²) in [6.07, 6.45) is 4.18. The fraction of sp³-hybridized carbons (Fsp3) is 0.600. The van der Waals surface area contributed by atoms with Gasteiger partial charge in [0.05, 0.1) is 7.11 Å². The first-order valence-electron chi connectivity index (χ1n) is 9.26. The number of piperidine rings is 1. The summed E-state index contributed by atoms with van der Waals surface area (Å²) < 4.78 is 5.22. The quantitative estimate of drug-likeness (QED) is 0.806. The number of nitrogens with zero attached hydrogens (tertiary/aromatic N) is 1. The standard InChI is InChI=1S/C20H28N2O3/c1-15-7-12-22(13-8-15)19(24)20(9-10-20)18(23)21-11-6-16-4-3-5-17(14-16)25-2/h3-5,14-15H,6-13H2,1-2H3,(H,21,23). The fourth-order valence-electron chi connectivity index (χ4n) is 3.49. The first-order valence-corrected chi connectivity index (χ1v) is 9.26. The molecule has 0 bridgehead atoms. The number of benzene rings is 1. The first kappa shape index (κ1) is 17.8. The highest BCUT2D eigenvalue weighted by Gasteiger charge is 2.57. The number of carbonyl (C=O) groups is 2. The summed E-state index contributed by atoms with van der Waals surface area (Å²) in [7, 11) is 1.64. The van der Waals surface area contributed by atoms with E-state index in [1.54, 1.807) is 7.11 Å². The summed E-state index contributed by atoms with van der Waals surface area (Å²) >= 11 is 0. The van der Waals surface area contributed by atoms with Crippen molar-refractivity contribution in [2.24, 2.45) is 11.3 Å². The van der Waals surface area contributed by atoms with Gasteiger partial charge in [-0.05, 0) is 55.7 Å². The van der Waals surface area contributed by atoms with Crippen molar-refractivity contribution in [3.05, 3.63) is 29.8 Å². The number of likely N-dealkylation sites (tertiary alicyclic amines) is 1. The number of hydrogen-bond donors (Lipinski definition) is 1. The van der Waals surface area contributed by atoms with Crippen molar-refractivity contribution in [1.29, 1.82) is 0 Å². The van der Waals surface area contributed by atoms with E-state index in [0.717, 1.165) is 43.7 Å². The molecule has 25 heavy (non-hydrogen) atoms. The molecule has 1 N–H and O–H groups in total. The zero-order chi connectivity index (χ0) is 17.9. The maximum atomic E-state index is 12.8. The average molecular weight is 344 g/mol. The molecule has 0 aromatic heterocycles. The second-order valence-corrected chi connectivity index (χ2v) is 7.41. The molecule has 3 rings (SSSR count). The van der Waals surface area contributed by atoms with Crippen LogP contribution in [0.2, 0.25) is 0 Å². The SMILES string of the molecule is COc1cccc(CCNC(=O)C2(C(=O)N3CCC(C)CC3)CC2)c1. The zero-order valence-corrected chi connectivity index (χ0v) is 15.2. The van der Waals surface area contributed by atoms with E-state index < -0.39 is 5.41 Å². The smallest absolute Gasteiger partial charge is 0.238 e. The molecule has 0 atom stereocenters. The summed E-state index contributed by atoms with van der Waals surface area (Å²) in [5.41, 5.74) is 0.329. The van der Waals surface area contributed by atoms with E-state index in [4.69, 9.17) is 4.74 Å². The molecule has 5 heteroatoms. The Morgan fingerprint density at radius 2 is 2.00 bits per heavy atom. The molecule has 5 nitrogen and oxygen atoms in total. The third-order valence-electron chi connectivity index (χ3n) is 5.50. The number of ether oxygens (including phenoxy) is 1. The van der Waals surface area contributed by atoms with Crippen LogP contribution in [0.25, 0.3) is 0 Å². The van der Waals surface area contributed by atoms with Crippen LogP contribution in [0.3, 0.4) is 0 Å². The first-order chi connectivity index (χ1) is 12.0. The molecule has 1 aromatic carbocycles. The lowest BCUT2D eigenvalue weighted by Crippen LogP contribution is -2.48. The van der Waals surface area contributed by atoms with Gasteiger partial charge in [-0.15, -0.1) is 0 Å². The molecule has 1 aliphatic heterocycles. The molecule has 1 heterocycles. The Labute approximate surface area is 149 Å². The van der Waals surface area contributed by atoms with Crippen LogP contribution in [-0.4, -0.2) is 43.5 Å². The Hall–Kier alpha value is -2.04. The van der Waals surface area contributed by atoms with Crippen LogP contribution in [0.4, 0.5) is 0 Å². The average Bonchev–Trinajstić information content (AvgIpc) is 3.44. The molecule has 2 amide bonds. The number of nitrogens with one attached hydrogen (secondary N) is 1. The highest BCUT2D eigenvalue weighted by molar-refractivity contribution is 6.07. The van der Waals surface area contributed by atoms with Gasteiger partial charge in [-0.25, -0.2) is 0 Å². The minimum atomic E-state index is -0.783. The van der Waals surface area contributed by atoms with Gasteiger partial charge in [0.2, 0.25) is 11.8 Å². The zero-order valence-electron chi connectivity index (χ0n) is 15.2. The fourth-order valence-corrected chi connectivity index (χ4v) is 3.49. The van der Waals surface area contributed by atoms with Crippen molar-refractivity contribution in [1.82, 2.24) is 10.2 Å². The Morgan fingerprint density at radius 1 is 1.28 bits per heavy atom. The predicted molar refractivity (Wildman–Crippen MR) is 96.4 cm³/mol. The van der Waals surface area contributed by atoms with Gasteiger partial charge in [0, 0.05) is 19.6 Å². The molecule has 2 aliphatic rings. The molecule has 136 valence electrons. The maximum Gasteiger partial charge on any atom is 0.238 e. The van der Waals surface area contributed by atoms with Gasteiger partial charge in [0.15, 0.2) is 0 Å². The van der Waals surface area contributed by atoms with E-state index in [2.05, 4.69) is 12.2 Å². The molecule has 0 radical (unpaired) electrons. The molecular weight excluding hydrogens is 316 g/mol. The van der Waals surface area contributed by atoms with E-state index in [9.17, 15) is 9.59 Å². The van der Waals surface area contributed by atoms with E-state index in [1.807, 2.05) is 29.2 Å². The third-order valence-corrected chi connectivity index (χ3v) is 5.50. The molecule has 1 aliphatic carbocycles. The summed E-state index contributed by atoms with van der Waals surface area (Å²) in [4.78, 5) is 27.3. The lowest BCUT2D eigenvalue weighted by Gasteiger charge is -2.32. The molecular formula is C20H28N2O3. The minimum Gasteiger partial charge on any atom is -0.497 e. The van der Waals surface area contributed by atoms with Crippen LogP contribution in [0.5, 0.6) is 5.75 Å². The van der Waals surface area contributed by atoms with E-state index >= 15 is 0 Å². The van der Waals surface area contributed by atoms with Crippen LogP contribution in [0.15, 0.2) is 24.3 Å². The van der Waals surface area contributed by atoms with Gasteiger partial charge in [-0.3, -0.25) is 9.59 Å². The largest absolute Gasteiger partial charge is 0.497 e. The summed E-state index contributed by atoms with van der Waals surface area (Å²) in [6.45, 7) is 4.34. The monoisotopic (exact) mass is 344 g/mol. The Bertz CT molecular complexity index is 632. The highest BCUT2D eigenvalue weighted by atomic mass is 16.5.